The van der Waals surface area contributed by atoms with E-state index in [-0.39, 0.29) is 5.56 Å². The number of rotatable bonds is 1. The third-order valence-electron chi connectivity index (χ3n) is 2.41. The Labute approximate surface area is 102 Å². The molecule has 0 N–H and O–H groups in total. The first kappa shape index (κ1) is 11.4. The molecule has 0 spiro atoms. The van der Waals surface area contributed by atoms with Crippen molar-refractivity contribution in [1.82, 2.24) is 14.4 Å². The van der Waals surface area contributed by atoms with Gasteiger partial charge < -0.3 is 0 Å². The molecule has 16 heavy (non-hydrogen) atoms. The molecule has 6 heteroatoms. The van der Waals surface area contributed by atoms with Gasteiger partial charge in [-0.05, 0) is 20.1 Å². The average molecular weight is 256 g/mol. The third kappa shape index (κ3) is 1.70. The van der Waals surface area contributed by atoms with Crippen LogP contribution in [0.3, 0.4) is 0 Å². The Morgan fingerprint density at radius 2 is 2.06 bits per heavy atom. The Morgan fingerprint density at radius 3 is 2.69 bits per heavy atom. The molecule has 0 bridgehead atoms. The molecule has 0 fully saturated rings. The first-order valence-corrected chi connectivity index (χ1v) is 6.25. The zero-order valence-corrected chi connectivity index (χ0v) is 10.7. The average Bonchev–Trinajstić information content (AvgIpc) is 2.24. The van der Waals surface area contributed by atoms with E-state index in [4.69, 9.17) is 11.6 Å². The number of fused-ring (bicyclic) bond motifs is 1. The van der Waals surface area contributed by atoms with E-state index in [2.05, 4.69) is 9.97 Å². The molecule has 2 aromatic heterocycles. The fourth-order valence-electron chi connectivity index (χ4n) is 1.42. The van der Waals surface area contributed by atoms with E-state index in [1.54, 1.807) is 19.9 Å². The summed E-state index contributed by atoms with van der Waals surface area (Å²) in [5.41, 5.74) is 1.24. The zero-order valence-electron chi connectivity index (χ0n) is 9.11. The number of nitrogens with zero attached hydrogens (tertiary/aromatic N) is 3. The largest absolute Gasteiger partial charge is 0.268 e. The van der Waals surface area contributed by atoms with E-state index < -0.39 is 0 Å². The van der Waals surface area contributed by atoms with Crippen molar-refractivity contribution in [2.45, 2.75) is 18.9 Å². The third-order valence-corrected chi connectivity index (χ3v) is 3.33. The number of aryl methyl sites for hydroxylation is 1. The first-order valence-electron chi connectivity index (χ1n) is 4.65. The van der Waals surface area contributed by atoms with Crippen LogP contribution in [0.2, 0.25) is 5.15 Å². The molecule has 0 amide bonds. The molecule has 0 aliphatic heterocycles. The second-order valence-corrected chi connectivity index (χ2v) is 4.60. The lowest BCUT2D eigenvalue weighted by Crippen LogP contribution is -2.21. The lowest BCUT2D eigenvalue weighted by molar-refractivity contribution is 0.872. The molecule has 0 atom stereocenters. The van der Waals surface area contributed by atoms with Crippen LogP contribution in [-0.4, -0.2) is 20.6 Å². The van der Waals surface area contributed by atoms with Gasteiger partial charge in [-0.2, -0.15) is 0 Å². The number of aromatic nitrogens is 3. The first-order chi connectivity index (χ1) is 7.54. The topological polar surface area (TPSA) is 47.3 Å². The van der Waals surface area contributed by atoms with Crippen molar-refractivity contribution in [1.29, 1.82) is 0 Å². The van der Waals surface area contributed by atoms with Gasteiger partial charge in [0.05, 0.1) is 5.03 Å². The summed E-state index contributed by atoms with van der Waals surface area (Å²) < 4.78 is 1.48. The Morgan fingerprint density at radius 1 is 1.38 bits per heavy atom. The maximum Gasteiger partial charge on any atom is 0.263 e. The van der Waals surface area contributed by atoms with Crippen LogP contribution in [0, 0.1) is 13.8 Å². The number of thioether (sulfide) groups is 1. The Balaban J connectivity index is 3.01. The molecular formula is C10H10ClN3OS. The van der Waals surface area contributed by atoms with Crippen molar-refractivity contribution >= 4 is 29.1 Å². The summed E-state index contributed by atoms with van der Waals surface area (Å²) in [7, 11) is 0. The van der Waals surface area contributed by atoms with Crippen LogP contribution in [0.1, 0.15) is 11.3 Å². The van der Waals surface area contributed by atoms with E-state index in [9.17, 15) is 4.79 Å². The van der Waals surface area contributed by atoms with E-state index in [0.717, 1.165) is 5.03 Å². The molecule has 0 saturated heterocycles. The highest BCUT2D eigenvalue weighted by Gasteiger charge is 2.10. The minimum atomic E-state index is -0.0870. The lowest BCUT2D eigenvalue weighted by atomic mass is 10.3. The quantitative estimate of drug-likeness (QED) is 0.578. The van der Waals surface area contributed by atoms with Crippen LogP contribution in [0.15, 0.2) is 15.9 Å². The normalized spacial score (nSPS) is 11.0. The molecule has 2 rings (SSSR count). The summed E-state index contributed by atoms with van der Waals surface area (Å²) in [5.74, 6) is 0.352. The molecule has 84 valence electrons. The van der Waals surface area contributed by atoms with Crippen molar-refractivity contribution in [3.8, 4) is 0 Å². The summed E-state index contributed by atoms with van der Waals surface area (Å²) in [6.45, 7) is 3.55. The Kier molecular flexibility index (Phi) is 2.90. The molecule has 0 aliphatic rings. The van der Waals surface area contributed by atoms with E-state index >= 15 is 0 Å². The van der Waals surface area contributed by atoms with Crippen molar-refractivity contribution < 1.29 is 0 Å². The molecule has 0 radical (unpaired) electrons. The van der Waals surface area contributed by atoms with Crippen LogP contribution < -0.4 is 5.56 Å². The van der Waals surface area contributed by atoms with Crippen molar-refractivity contribution in [3.63, 3.8) is 0 Å². The van der Waals surface area contributed by atoms with Gasteiger partial charge in [0, 0.05) is 17.3 Å². The summed E-state index contributed by atoms with van der Waals surface area (Å²) in [6.07, 6.45) is 1.88. The maximum absolute atomic E-state index is 12.1. The van der Waals surface area contributed by atoms with Crippen LogP contribution in [-0.2, 0) is 0 Å². The van der Waals surface area contributed by atoms with Crippen LogP contribution in [0.25, 0.3) is 5.78 Å². The fourth-order valence-corrected chi connectivity index (χ4v) is 2.24. The predicted molar refractivity (Wildman–Crippen MR) is 65.5 cm³/mol. The predicted octanol–water partition coefficient (Wildman–Crippen LogP) is 2.08. The standard InChI is InChI=1S/C10H10ClN3OS/c1-5-6(2)12-10-13-7(11)4-8(16-3)14(10)9(5)15/h4H,1-3H3. The van der Waals surface area contributed by atoms with Crippen LogP contribution >= 0.6 is 23.4 Å². The fraction of sp³-hybridized carbons (Fsp3) is 0.300. The monoisotopic (exact) mass is 255 g/mol. The zero-order chi connectivity index (χ0) is 11.9. The number of halogens is 1. The van der Waals surface area contributed by atoms with Crippen LogP contribution in [0.5, 0.6) is 0 Å². The smallest absolute Gasteiger partial charge is 0.263 e. The summed E-state index contributed by atoms with van der Waals surface area (Å²) in [4.78, 5) is 20.4. The summed E-state index contributed by atoms with van der Waals surface area (Å²) in [5, 5.41) is 1.09. The van der Waals surface area contributed by atoms with E-state index in [1.807, 2.05) is 6.26 Å². The van der Waals surface area contributed by atoms with Gasteiger partial charge in [0.2, 0.25) is 5.78 Å². The van der Waals surface area contributed by atoms with Gasteiger partial charge in [0.25, 0.3) is 5.56 Å². The molecule has 2 aromatic rings. The molecule has 0 unspecified atom stereocenters. The van der Waals surface area contributed by atoms with Gasteiger partial charge in [-0.25, -0.2) is 14.4 Å². The van der Waals surface area contributed by atoms with Gasteiger partial charge in [0.15, 0.2) is 0 Å². The molecule has 0 aromatic carbocycles. The van der Waals surface area contributed by atoms with Gasteiger partial charge in [0.1, 0.15) is 5.15 Å². The van der Waals surface area contributed by atoms with Gasteiger partial charge in [-0.1, -0.05) is 11.6 Å². The second kappa shape index (κ2) is 4.07. The minimum absolute atomic E-state index is 0.0870. The lowest BCUT2D eigenvalue weighted by Gasteiger charge is -2.08. The molecular weight excluding hydrogens is 246 g/mol. The number of hydrogen-bond donors (Lipinski definition) is 0. The molecule has 0 aliphatic carbocycles. The van der Waals surface area contributed by atoms with Gasteiger partial charge in [-0.15, -0.1) is 11.8 Å². The second-order valence-electron chi connectivity index (χ2n) is 3.38. The van der Waals surface area contributed by atoms with E-state index in [1.165, 1.54) is 16.2 Å². The minimum Gasteiger partial charge on any atom is -0.268 e. The highest BCUT2D eigenvalue weighted by atomic mass is 35.5. The SMILES string of the molecule is CSc1cc(Cl)nc2nc(C)c(C)c(=O)n12. The summed E-state index contributed by atoms with van der Waals surface area (Å²) in [6, 6.07) is 1.66. The Hall–Kier alpha value is -1.07. The molecule has 4 nitrogen and oxygen atoms in total. The van der Waals surface area contributed by atoms with Crippen molar-refractivity contribution in [3.05, 3.63) is 32.8 Å². The molecule has 0 saturated carbocycles. The summed E-state index contributed by atoms with van der Waals surface area (Å²) >= 11 is 7.31. The number of hydrogen-bond acceptors (Lipinski definition) is 4. The van der Waals surface area contributed by atoms with Gasteiger partial charge >= 0.3 is 0 Å². The van der Waals surface area contributed by atoms with Gasteiger partial charge in [-0.3, -0.25) is 4.79 Å². The highest BCUT2D eigenvalue weighted by Crippen LogP contribution is 2.18. The van der Waals surface area contributed by atoms with Crippen LogP contribution in [0.4, 0.5) is 0 Å². The highest BCUT2D eigenvalue weighted by molar-refractivity contribution is 7.98. The van der Waals surface area contributed by atoms with E-state index in [0.29, 0.717) is 22.2 Å². The van der Waals surface area contributed by atoms with Crippen molar-refractivity contribution in [2.24, 2.45) is 0 Å². The maximum atomic E-state index is 12.1. The Bertz CT molecular complexity index is 623. The molecule has 2 heterocycles. The van der Waals surface area contributed by atoms with Crippen molar-refractivity contribution in [2.75, 3.05) is 6.26 Å².